The smallest absolute Gasteiger partial charge is 0.255 e. The number of anilines is 1. The van der Waals surface area contributed by atoms with Crippen LogP contribution >= 0.6 is 11.6 Å². The van der Waals surface area contributed by atoms with Crippen molar-refractivity contribution in [1.29, 1.82) is 0 Å². The number of hydrogen-bond acceptors (Lipinski definition) is 3. The molecule has 1 unspecified atom stereocenters. The molecule has 124 valence electrons. The van der Waals surface area contributed by atoms with E-state index in [2.05, 4.69) is 10.6 Å². The fourth-order valence-corrected chi connectivity index (χ4v) is 3.42. The molecule has 2 aliphatic rings. The van der Waals surface area contributed by atoms with Gasteiger partial charge in [0.15, 0.2) is 0 Å². The van der Waals surface area contributed by atoms with Gasteiger partial charge in [0.1, 0.15) is 0 Å². The van der Waals surface area contributed by atoms with E-state index in [-0.39, 0.29) is 17.7 Å². The lowest BCUT2D eigenvalue weighted by atomic mass is 10.1. The number of nitrogens with one attached hydrogen (secondary N) is 2. The summed E-state index contributed by atoms with van der Waals surface area (Å²) in [4.78, 5) is 26.5. The summed E-state index contributed by atoms with van der Waals surface area (Å²) in [5.74, 6) is -0.0165. The minimum absolute atomic E-state index is 0.00109. The Morgan fingerprint density at radius 1 is 1.22 bits per heavy atom. The predicted molar refractivity (Wildman–Crippen MR) is 90.8 cm³/mol. The standard InChI is InChI=1S/C17H22ClN3O2/c18-15-10-13(20-16(22)12-6-7-19-11-12)4-5-14(15)17(23)21-8-2-1-3-9-21/h4-5,10,12,19H,1-3,6-9,11H2,(H,20,22). The van der Waals surface area contributed by atoms with Crippen LogP contribution < -0.4 is 10.6 Å². The van der Waals surface area contributed by atoms with Crippen LogP contribution in [0.15, 0.2) is 18.2 Å². The summed E-state index contributed by atoms with van der Waals surface area (Å²) in [7, 11) is 0. The summed E-state index contributed by atoms with van der Waals surface area (Å²) < 4.78 is 0. The van der Waals surface area contributed by atoms with Crippen molar-refractivity contribution in [3.63, 3.8) is 0 Å². The summed E-state index contributed by atoms with van der Waals surface area (Å²) >= 11 is 6.28. The Morgan fingerprint density at radius 3 is 2.65 bits per heavy atom. The SMILES string of the molecule is O=C(Nc1ccc(C(=O)N2CCCCC2)c(Cl)c1)C1CCNC1. The molecule has 0 aromatic heterocycles. The lowest BCUT2D eigenvalue weighted by Gasteiger charge is -2.27. The van der Waals surface area contributed by atoms with E-state index in [0.29, 0.717) is 22.8 Å². The van der Waals surface area contributed by atoms with E-state index in [1.807, 2.05) is 4.90 Å². The lowest BCUT2D eigenvalue weighted by Crippen LogP contribution is -2.35. The molecule has 5 nitrogen and oxygen atoms in total. The molecule has 0 spiro atoms. The lowest BCUT2D eigenvalue weighted by molar-refractivity contribution is -0.119. The highest BCUT2D eigenvalue weighted by atomic mass is 35.5. The first-order valence-corrected chi connectivity index (χ1v) is 8.63. The first kappa shape index (κ1) is 16.3. The molecule has 2 heterocycles. The van der Waals surface area contributed by atoms with Gasteiger partial charge in [0.05, 0.1) is 16.5 Å². The van der Waals surface area contributed by atoms with Gasteiger partial charge in [-0.3, -0.25) is 9.59 Å². The van der Waals surface area contributed by atoms with Gasteiger partial charge >= 0.3 is 0 Å². The Labute approximate surface area is 141 Å². The maximum Gasteiger partial charge on any atom is 0.255 e. The molecule has 0 saturated carbocycles. The van der Waals surface area contributed by atoms with E-state index in [1.165, 1.54) is 6.42 Å². The molecule has 0 radical (unpaired) electrons. The number of rotatable bonds is 3. The number of carbonyl (C=O) groups is 2. The molecule has 0 bridgehead atoms. The third kappa shape index (κ3) is 3.85. The van der Waals surface area contributed by atoms with Crippen LogP contribution in [0.3, 0.4) is 0 Å². The van der Waals surface area contributed by atoms with Crippen LogP contribution in [0.2, 0.25) is 5.02 Å². The average molecular weight is 336 g/mol. The average Bonchev–Trinajstić information content (AvgIpc) is 3.10. The van der Waals surface area contributed by atoms with Crippen LogP contribution in [0.25, 0.3) is 0 Å². The summed E-state index contributed by atoms with van der Waals surface area (Å²) in [6, 6.07) is 5.13. The second kappa shape index (κ2) is 7.32. The zero-order chi connectivity index (χ0) is 16.2. The fourth-order valence-electron chi connectivity index (χ4n) is 3.16. The van der Waals surface area contributed by atoms with Crippen LogP contribution in [0.1, 0.15) is 36.0 Å². The Kier molecular flexibility index (Phi) is 5.18. The van der Waals surface area contributed by atoms with Crippen LogP contribution in [0, 0.1) is 5.92 Å². The minimum atomic E-state index is -0.0208. The highest BCUT2D eigenvalue weighted by Gasteiger charge is 2.23. The summed E-state index contributed by atoms with van der Waals surface area (Å²) in [5.41, 5.74) is 1.15. The number of amides is 2. The van der Waals surface area contributed by atoms with Crippen molar-refractivity contribution in [3.05, 3.63) is 28.8 Å². The van der Waals surface area contributed by atoms with Crippen molar-refractivity contribution in [2.75, 3.05) is 31.5 Å². The van der Waals surface area contributed by atoms with Gasteiger partial charge in [0.25, 0.3) is 5.91 Å². The van der Waals surface area contributed by atoms with Gasteiger partial charge < -0.3 is 15.5 Å². The van der Waals surface area contributed by atoms with E-state index in [0.717, 1.165) is 38.9 Å². The van der Waals surface area contributed by atoms with Crippen molar-refractivity contribution in [2.45, 2.75) is 25.7 Å². The Balaban J connectivity index is 1.67. The largest absolute Gasteiger partial charge is 0.339 e. The predicted octanol–water partition coefficient (Wildman–Crippen LogP) is 2.51. The van der Waals surface area contributed by atoms with Crippen molar-refractivity contribution in [3.8, 4) is 0 Å². The summed E-state index contributed by atoms with van der Waals surface area (Å²) in [6.07, 6.45) is 4.13. The quantitative estimate of drug-likeness (QED) is 0.892. The van der Waals surface area contributed by atoms with Crippen LogP contribution in [0.4, 0.5) is 5.69 Å². The number of hydrogen-bond donors (Lipinski definition) is 2. The Bertz CT molecular complexity index is 594. The van der Waals surface area contributed by atoms with Crippen LogP contribution in [-0.4, -0.2) is 42.9 Å². The van der Waals surface area contributed by atoms with Crippen molar-refractivity contribution in [1.82, 2.24) is 10.2 Å². The topological polar surface area (TPSA) is 61.4 Å². The highest BCUT2D eigenvalue weighted by Crippen LogP contribution is 2.24. The molecule has 2 saturated heterocycles. The molecule has 2 fully saturated rings. The van der Waals surface area contributed by atoms with E-state index in [9.17, 15) is 9.59 Å². The second-order valence-electron chi connectivity index (χ2n) is 6.23. The van der Waals surface area contributed by atoms with Crippen LogP contribution in [-0.2, 0) is 4.79 Å². The normalized spacial score (nSPS) is 21.3. The van der Waals surface area contributed by atoms with E-state index < -0.39 is 0 Å². The Hall–Kier alpha value is -1.59. The molecular formula is C17H22ClN3O2. The molecule has 2 aliphatic heterocycles. The number of halogens is 1. The third-order valence-corrected chi connectivity index (χ3v) is 4.85. The second-order valence-corrected chi connectivity index (χ2v) is 6.63. The van der Waals surface area contributed by atoms with Gasteiger partial charge in [-0.2, -0.15) is 0 Å². The van der Waals surface area contributed by atoms with Crippen molar-refractivity contribution >= 4 is 29.1 Å². The van der Waals surface area contributed by atoms with Gasteiger partial charge in [0, 0.05) is 25.3 Å². The minimum Gasteiger partial charge on any atom is -0.339 e. The number of carbonyl (C=O) groups excluding carboxylic acids is 2. The maximum atomic E-state index is 12.5. The van der Waals surface area contributed by atoms with E-state index in [1.54, 1.807) is 18.2 Å². The van der Waals surface area contributed by atoms with Crippen LogP contribution in [0.5, 0.6) is 0 Å². The molecule has 0 aliphatic carbocycles. The summed E-state index contributed by atoms with van der Waals surface area (Å²) in [5, 5.41) is 6.45. The fraction of sp³-hybridized carbons (Fsp3) is 0.529. The monoisotopic (exact) mass is 335 g/mol. The van der Waals surface area contributed by atoms with Gasteiger partial charge in [0.2, 0.25) is 5.91 Å². The van der Waals surface area contributed by atoms with Crippen molar-refractivity contribution < 1.29 is 9.59 Å². The molecule has 6 heteroatoms. The number of piperidine rings is 1. The first-order chi connectivity index (χ1) is 11.1. The highest BCUT2D eigenvalue weighted by molar-refractivity contribution is 6.34. The molecule has 23 heavy (non-hydrogen) atoms. The van der Waals surface area contributed by atoms with E-state index in [4.69, 9.17) is 11.6 Å². The first-order valence-electron chi connectivity index (χ1n) is 8.25. The van der Waals surface area contributed by atoms with Gasteiger partial charge in [-0.1, -0.05) is 11.6 Å². The number of benzene rings is 1. The number of likely N-dealkylation sites (tertiary alicyclic amines) is 1. The zero-order valence-corrected chi connectivity index (χ0v) is 13.9. The van der Waals surface area contributed by atoms with Gasteiger partial charge in [-0.05, 0) is 50.4 Å². The molecule has 1 atom stereocenters. The van der Waals surface area contributed by atoms with Crippen molar-refractivity contribution in [2.24, 2.45) is 5.92 Å². The Morgan fingerprint density at radius 2 is 2.00 bits per heavy atom. The van der Waals surface area contributed by atoms with Gasteiger partial charge in [-0.15, -0.1) is 0 Å². The molecular weight excluding hydrogens is 314 g/mol. The maximum absolute atomic E-state index is 12.5. The molecule has 2 amide bonds. The number of nitrogens with zero attached hydrogens (tertiary/aromatic N) is 1. The summed E-state index contributed by atoms with van der Waals surface area (Å²) in [6.45, 7) is 3.18. The third-order valence-electron chi connectivity index (χ3n) is 4.54. The van der Waals surface area contributed by atoms with Gasteiger partial charge in [-0.25, -0.2) is 0 Å². The van der Waals surface area contributed by atoms with E-state index >= 15 is 0 Å². The molecule has 1 aromatic carbocycles. The zero-order valence-electron chi connectivity index (χ0n) is 13.1. The molecule has 1 aromatic rings. The molecule has 2 N–H and O–H groups in total. The molecule has 3 rings (SSSR count).